The van der Waals surface area contributed by atoms with Crippen LogP contribution in [0, 0.1) is 6.92 Å². The molecule has 118 valence electrons. The summed E-state index contributed by atoms with van der Waals surface area (Å²) in [6, 6.07) is 18.6. The van der Waals surface area contributed by atoms with Crippen LogP contribution in [0.25, 0.3) is 5.57 Å². The molecule has 0 radical (unpaired) electrons. The van der Waals surface area contributed by atoms with Crippen molar-refractivity contribution in [3.63, 3.8) is 0 Å². The zero-order valence-corrected chi connectivity index (χ0v) is 14.3. The Morgan fingerprint density at radius 1 is 1.09 bits per heavy atom. The van der Waals surface area contributed by atoms with Gasteiger partial charge in [-0.25, -0.2) is 0 Å². The largest absolute Gasteiger partial charge is 0.289 e. The molecule has 2 aliphatic rings. The van der Waals surface area contributed by atoms with E-state index in [-0.39, 0.29) is 0 Å². The van der Waals surface area contributed by atoms with Gasteiger partial charge in [-0.1, -0.05) is 60.1 Å². The van der Waals surface area contributed by atoms with Gasteiger partial charge in [0.15, 0.2) is 0 Å². The minimum absolute atomic E-state index is 0.573. The quantitative estimate of drug-likeness (QED) is 0.724. The van der Waals surface area contributed by atoms with Crippen molar-refractivity contribution in [2.75, 3.05) is 0 Å². The molecular formula is C21H22ClN. The topological polar surface area (TPSA) is 3.24 Å². The average Bonchev–Trinajstić information content (AvgIpc) is 2.80. The van der Waals surface area contributed by atoms with Crippen LogP contribution in [-0.2, 0) is 6.54 Å². The molecule has 0 aliphatic carbocycles. The van der Waals surface area contributed by atoms with Gasteiger partial charge in [0.25, 0.3) is 0 Å². The van der Waals surface area contributed by atoms with Gasteiger partial charge in [0, 0.05) is 23.7 Å². The highest BCUT2D eigenvalue weighted by molar-refractivity contribution is 6.31. The van der Waals surface area contributed by atoms with Gasteiger partial charge in [0.05, 0.1) is 0 Å². The van der Waals surface area contributed by atoms with Crippen LogP contribution in [0.2, 0.25) is 5.02 Å². The molecule has 0 saturated carbocycles. The zero-order chi connectivity index (χ0) is 15.8. The standard InChI is InChI=1S/C21H22ClN/c1-15-7-8-17(13-21(15)22)18-11-19-9-10-20(12-18)23(19)14-16-5-3-2-4-6-16/h2-8,11,13,19-20H,9-10,12,14H2,1H3. The lowest BCUT2D eigenvalue weighted by Gasteiger charge is -2.34. The van der Waals surface area contributed by atoms with E-state index >= 15 is 0 Å². The summed E-state index contributed by atoms with van der Waals surface area (Å²) in [7, 11) is 0. The first-order chi connectivity index (χ1) is 11.2. The fourth-order valence-corrected chi connectivity index (χ4v) is 4.15. The SMILES string of the molecule is Cc1ccc(C2=CC3CCC(C2)N3Cc2ccccc2)cc1Cl. The Kier molecular flexibility index (Phi) is 4.00. The molecule has 2 bridgehead atoms. The third-order valence-electron chi connectivity index (χ3n) is 5.29. The minimum Gasteiger partial charge on any atom is -0.289 e. The van der Waals surface area contributed by atoms with Crippen LogP contribution in [0.5, 0.6) is 0 Å². The normalized spacial score (nSPS) is 23.8. The molecule has 2 heteroatoms. The second kappa shape index (κ2) is 6.14. The van der Waals surface area contributed by atoms with E-state index < -0.39 is 0 Å². The maximum Gasteiger partial charge on any atom is 0.0441 e. The molecule has 2 heterocycles. The van der Waals surface area contributed by atoms with Gasteiger partial charge >= 0.3 is 0 Å². The Hall–Kier alpha value is -1.57. The lowest BCUT2D eigenvalue weighted by atomic mass is 9.94. The predicted octanol–water partition coefficient (Wildman–Crippen LogP) is 5.47. The number of hydrogen-bond acceptors (Lipinski definition) is 1. The third-order valence-corrected chi connectivity index (χ3v) is 5.70. The fourth-order valence-electron chi connectivity index (χ4n) is 3.97. The fraction of sp³-hybridized carbons (Fsp3) is 0.333. The van der Waals surface area contributed by atoms with Crippen molar-refractivity contribution >= 4 is 17.2 Å². The summed E-state index contributed by atoms with van der Waals surface area (Å²) in [6.07, 6.45) is 6.20. The Morgan fingerprint density at radius 2 is 1.91 bits per heavy atom. The highest BCUT2D eigenvalue weighted by Crippen LogP contribution is 2.39. The molecule has 1 nitrogen and oxygen atoms in total. The van der Waals surface area contributed by atoms with Gasteiger partial charge in [0.2, 0.25) is 0 Å². The van der Waals surface area contributed by atoms with E-state index in [4.69, 9.17) is 11.6 Å². The lowest BCUT2D eigenvalue weighted by Crippen LogP contribution is -2.37. The molecular weight excluding hydrogens is 302 g/mol. The molecule has 0 amide bonds. The number of rotatable bonds is 3. The molecule has 2 unspecified atom stereocenters. The van der Waals surface area contributed by atoms with Crippen LogP contribution in [0.1, 0.15) is 36.0 Å². The Balaban J connectivity index is 1.58. The molecule has 2 atom stereocenters. The summed E-state index contributed by atoms with van der Waals surface area (Å²) in [5, 5.41) is 0.877. The predicted molar refractivity (Wildman–Crippen MR) is 97.6 cm³/mol. The molecule has 23 heavy (non-hydrogen) atoms. The monoisotopic (exact) mass is 323 g/mol. The van der Waals surface area contributed by atoms with Gasteiger partial charge in [-0.15, -0.1) is 0 Å². The van der Waals surface area contributed by atoms with E-state index in [0.29, 0.717) is 12.1 Å². The first kappa shape index (κ1) is 15.0. The van der Waals surface area contributed by atoms with Crippen molar-refractivity contribution in [1.29, 1.82) is 0 Å². The number of hydrogen-bond donors (Lipinski definition) is 0. The van der Waals surface area contributed by atoms with E-state index in [1.807, 2.05) is 0 Å². The van der Waals surface area contributed by atoms with Crippen LogP contribution >= 0.6 is 11.6 Å². The van der Waals surface area contributed by atoms with Crippen LogP contribution in [0.3, 0.4) is 0 Å². The highest BCUT2D eigenvalue weighted by Gasteiger charge is 2.36. The summed E-state index contributed by atoms with van der Waals surface area (Å²) in [6.45, 7) is 3.13. The number of fused-ring (bicyclic) bond motifs is 2. The van der Waals surface area contributed by atoms with Crippen LogP contribution in [-0.4, -0.2) is 17.0 Å². The Morgan fingerprint density at radius 3 is 2.65 bits per heavy atom. The van der Waals surface area contributed by atoms with E-state index in [1.54, 1.807) is 0 Å². The molecule has 4 rings (SSSR count). The van der Waals surface area contributed by atoms with Crippen molar-refractivity contribution in [3.8, 4) is 0 Å². The van der Waals surface area contributed by atoms with Gasteiger partial charge in [-0.2, -0.15) is 0 Å². The van der Waals surface area contributed by atoms with Crippen molar-refractivity contribution in [2.24, 2.45) is 0 Å². The molecule has 0 aromatic heterocycles. The summed E-state index contributed by atoms with van der Waals surface area (Å²) < 4.78 is 0. The van der Waals surface area contributed by atoms with E-state index in [9.17, 15) is 0 Å². The number of benzene rings is 2. The molecule has 1 saturated heterocycles. The molecule has 1 fully saturated rings. The maximum atomic E-state index is 6.32. The van der Waals surface area contributed by atoms with E-state index in [1.165, 1.54) is 29.5 Å². The van der Waals surface area contributed by atoms with Gasteiger partial charge < -0.3 is 0 Å². The van der Waals surface area contributed by atoms with Crippen molar-refractivity contribution in [3.05, 3.63) is 76.3 Å². The van der Waals surface area contributed by atoms with Crippen LogP contribution in [0.4, 0.5) is 0 Å². The first-order valence-electron chi connectivity index (χ1n) is 8.47. The number of halogens is 1. The zero-order valence-electron chi connectivity index (χ0n) is 13.5. The molecule has 2 aliphatic heterocycles. The average molecular weight is 324 g/mol. The number of nitrogens with zero attached hydrogens (tertiary/aromatic N) is 1. The minimum atomic E-state index is 0.573. The highest BCUT2D eigenvalue weighted by atomic mass is 35.5. The van der Waals surface area contributed by atoms with E-state index in [2.05, 4.69) is 66.4 Å². The Bertz CT molecular complexity index is 735. The summed E-state index contributed by atoms with van der Waals surface area (Å²) in [5.74, 6) is 0. The lowest BCUT2D eigenvalue weighted by molar-refractivity contribution is 0.203. The van der Waals surface area contributed by atoms with Crippen LogP contribution < -0.4 is 0 Å². The number of aryl methyl sites for hydroxylation is 1. The second-order valence-electron chi connectivity index (χ2n) is 6.82. The van der Waals surface area contributed by atoms with Crippen molar-refractivity contribution in [2.45, 2.75) is 44.8 Å². The molecule has 0 spiro atoms. The van der Waals surface area contributed by atoms with Crippen molar-refractivity contribution in [1.82, 2.24) is 4.90 Å². The molecule has 2 aromatic carbocycles. The summed E-state index contributed by atoms with van der Waals surface area (Å²) in [4.78, 5) is 2.68. The second-order valence-corrected chi connectivity index (χ2v) is 7.22. The Labute approximate surface area is 143 Å². The van der Waals surface area contributed by atoms with Gasteiger partial charge in [-0.3, -0.25) is 4.90 Å². The van der Waals surface area contributed by atoms with E-state index in [0.717, 1.165) is 23.6 Å². The third kappa shape index (κ3) is 2.96. The smallest absolute Gasteiger partial charge is 0.0441 e. The maximum absolute atomic E-state index is 6.32. The summed E-state index contributed by atoms with van der Waals surface area (Å²) >= 11 is 6.32. The molecule has 2 aromatic rings. The summed E-state index contributed by atoms with van der Waals surface area (Å²) in [5.41, 5.74) is 5.35. The van der Waals surface area contributed by atoms with Crippen LogP contribution in [0.15, 0.2) is 54.6 Å². The van der Waals surface area contributed by atoms with Crippen molar-refractivity contribution < 1.29 is 0 Å². The first-order valence-corrected chi connectivity index (χ1v) is 8.85. The van der Waals surface area contributed by atoms with Gasteiger partial charge in [0.1, 0.15) is 0 Å². The molecule has 0 N–H and O–H groups in total. The van der Waals surface area contributed by atoms with Gasteiger partial charge in [-0.05, 0) is 54.5 Å².